The molecule has 2 aromatic rings. The number of hydrogen-bond acceptors (Lipinski definition) is 4. The zero-order valence-electron chi connectivity index (χ0n) is 18.3. The Morgan fingerprint density at radius 2 is 1.70 bits per heavy atom. The van der Waals surface area contributed by atoms with E-state index in [4.69, 9.17) is 14.2 Å². The molecular formula is C22H31FIN3O3. The Kier molecular flexibility index (Phi) is 10.7. The van der Waals surface area contributed by atoms with E-state index in [1.54, 1.807) is 40.4 Å². The highest BCUT2D eigenvalue weighted by molar-refractivity contribution is 14.0. The zero-order valence-corrected chi connectivity index (χ0v) is 20.7. The molecule has 2 N–H and O–H groups in total. The maximum atomic E-state index is 13.9. The zero-order chi connectivity index (χ0) is 21.4. The van der Waals surface area contributed by atoms with Gasteiger partial charge in [0.2, 0.25) is 5.75 Å². The predicted molar refractivity (Wildman–Crippen MR) is 129 cm³/mol. The van der Waals surface area contributed by atoms with Crippen LogP contribution in [-0.2, 0) is 6.54 Å². The standard InChI is InChI=1S/C22H30FN3O3.HI/c1-7-24-22(26-15(3)17-9-8-14(2)18(23)12-17)25-13-16-10-19(27-4)21(29-6)20(11-16)28-5;/h8-12,15H,7,13H2,1-6H3,(H2,24,25,26);1H. The molecule has 0 saturated heterocycles. The molecule has 8 heteroatoms. The van der Waals surface area contributed by atoms with Gasteiger partial charge in [0.15, 0.2) is 17.5 Å². The van der Waals surface area contributed by atoms with Crippen molar-refractivity contribution in [3.05, 3.63) is 52.8 Å². The second kappa shape index (κ2) is 12.5. The third kappa shape index (κ3) is 6.65. The summed E-state index contributed by atoms with van der Waals surface area (Å²) in [5.41, 5.74) is 2.39. The van der Waals surface area contributed by atoms with E-state index in [1.807, 2.05) is 32.0 Å². The molecule has 0 aliphatic heterocycles. The molecular weight excluding hydrogens is 500 g/mol. The third-order valence-corrected chi connectivity index (χ3v) is 4.54. The lowest BCUT2D eigenvalue weighted by atomic mass is 10.1. The number of benzene rings is 2. The molecule has 0 aromatic heterocycles. The van der Waals surface area contributed by atoms with Gasteiger partial charge in [0.25, 0.3) is 0 Å². The highest BCUT2D eigenvalue weighted by Gasteiger charge is 2.14. The van der Waals surface area contributed by atoms with E-state index in [0.29, 0.717) is 41.9 Å². The molecule has 2 rings (SSSR count). The lowest BCUT2D eigenvalue weighted by molar-refractivity contribution is 0.324. The van der Waals surface area contributed by atoms with Crippen LogP contribution in [0.15, 0.2) is 35.3 Å². The number of methoxy groups -OCH3 is 3. The van der Waals surface area contributed by atoms with E-state index in [2.05, 4.69) is 15.6 Å². The van der Waals surface area contributed by atoms with Crippen molar-refractivity contribution < 1.29 is 18.6 Å². The smallest absolute Gasteiger partial charge is 0.203 e. The second-order valence-electron chi connectivity index (χ2n) is 6.60. The quantitative estimate of drug-likeness (QED) is 0.297. The van der Waals surface area contributed by atoms with Crippen LogP contribution in [-0.4, -0.2) is 33.8 Å². The lowest BCUT2D eigenvalue weighted by Gasteiger charge is -2.19. The fourth-order valence-corrected chi connectivity index (χ4v) is 2.88. The molecule has 166 valence electrons. The number of aliphatic imine (C=N–C) groups is 1. The molecule has 2 aromatic carbocycles. The first-order valence-electron chi connectivity index (χ1n) is 9.53. The lowest BCUT2D eigenvalue weighted by Crippen LogP contribution is -2.38. The van der Waals surface area contributed by atoms with Crippen molar-refractivity contribution in [2.24, 2.45) is 4.99 Å². The minimum Gasteiger partial charge on any atom is -0.493 e. The van der Waals surface area contributed by atoms with Crippen molar-refractivity contribution in [2.75, 3.05) is 27.9 Å². The average molecular weight is 531 g/mol. The van der Waals surface area contributed by atoms with Crippen LogP contribution in [0.5, 0.6) is 17.2 Å². The van der Waals surface area contributed by atoms with Gasteiger partial charge in [-0.15, -0.1) is 24.0 Å². The maximum absolute atomic E-state index is 13.9. The largest absolute Gasteiger partial charge is 0.493 e. The van der Waals surface area contributed by atoms with Gasteiger partial charge in [-0.25, -0.2) is 9.38 Å². The summed E-state index contributed by atoms with van der Waals surface area (Å²) in [6.07, 6.45) is 0. The Morgan fingerprint density at radius 3 is 2.20 bits per heavy atom. The molecule has 6 nitrogen and oxygen atoms in total. The Bertz CT molecular complexity index is 837. The van der Waals surface area contributed by atoms with Crippen molar-refractivity contribution in [2.45, 2.75) is 33.4 Å². The Labute approximate surface area is 195 Å². The highest BCUT2D eigenvalue weighted by Crippen LogP contribution is 2.38. The summed E-state index contributed by atoms with van der Waals surface area (Å²) in [6.45, 7) is 6.82. The van der Waals surface area contributed by atoms with Crippen LogP contribution in [0.3, 0.4) is 0 Å². The molecule has 0 fully saturated rings. The molecule has 0 bridgehead atoms. The maximum Gasteiger partial charge on any atom is 0.203 e. The van der Waals surface area contributed by atoms with Crippen molar-refractivity contribution in [3.63, 3.8) is 0 Å². The van der Waals surface area contributed by atoms with Gasteiger partial charge in [0.05, 0.1) is 33.9 Å². The van der Waals surface area contributed by atoms with E-state index < -0.39 is 0 Å². The van der Waals surface area contributed by atoms with Crippen molar-refractivity contribution in [3.8, 4) is 17.2 Å². The van der Waals surface area contributed by atoms with Gasteiger partial charge < -0.3 is 24.8 Å². The number of ether oxygens (including phenoxy) is 3. The number of nitrogens with zero attached hydrogens (tertiary/aromatic N) is 1. The van der Waals surface area contributed by atoms with E-state index >= 15 is 0 Å². The summed E-state index contributed by atoms with van der Waals surface area (Å²) < 4.78 is 30.0. The normalized spacial score (nSPS) is 11.9. The molecule has 30 heavy (non-hydrogen) atoms. The minimum atomic E-state index is -0.212. The summed E-state index contributed by atoms with van der Waals surface area (Å²) in [5, 5.41) is 6.53. The first kappa shape index (κ1) is 25.8. The molecule has 0 aliphatic carbocycles. The Hall–Kier alpha value is -2.23. The molecule has 0 radical (unpaired) electrons. The summed E-state index contributed by atoms with van der Waals surface area (Å²) in [4.78, 5) is 4.64. The number of rotatable bonds is 8. The third-order valence-electron chi connectivity index (χ3n) is 4.54. The number of nitrogens with one attached hydrogen (secondary N) is 2. The van der Waals surface area contributed by atoms with Crippen LogP contribution in [0.25, 0.3) is 0 Å². The number of halogens is 2. The molecule has 1 atom stereocenters. The molecule has 0 spiro atoms. The van der Waals surface area contributed by atoms with Crippen molar-refractivity contribution in [1.29, 1.82) is 0 Å². The van der Waals surface area contributed by atoms with Crippen molar-refractivity contribution >= 4 is 29.9 Å². The van der Waals surface area contributed by atoms with Gasteiger partial charge in [-0.3, -0.25) is 0 Å². The SMILES string of the molecule is CCNC(=NCc1cc(OC)c(OC)c(OC)c1)NC(C)c1ccc(C)c(F)c1.I. The Balaban J connectivity index is 0.00000450. The van der Waals surface area contributed by atoms with Gasteiger partial charge in [0.1, 0.15) is 5.82 Å². The van der Waals surface area contributed by atoms with Crippen molar-refractivity contribution in [1.82, 2.24) is 10.6 Å². The highest BCUT2D eigenvalue weighted by atomic mass is 127. The fourth-order valence-electron chi connectivity index (χ4n) is 2.88. The average Bonchev–Trinajstić information content (AvgIpc) is 2.73. The van der Waals surface area contributed by atoms with E-state index in [9.17, 15) is 4.39 Å². The van der Waals surface area contributed by atoms with Crippen LogP contribution in [0, 0.1) is 12.7 Å². The minimum absolute atomic E-state index is 0. The topological polar surface area (TPSA) is 64.1 Å². The molecule has 0 amide bonds. The Morgan fingerprint density at radius 1 is 1.07 bits per heavy atom. The molecule has 1 unspecified atom stereocenters. The second-order valence-corrected chi connectivity index (χ2v) is 6.60. The van der Waals surface area contributed by atoms with Gasteiger partial charge >= 0.3 is 0 Å². The number of aryl methyl sites for hydroxylation is 1. The van der Waals surface area contributed by atoms with Crippen LogP contribution >= 0.6 is 24.0 Å². The van der Waals surface area contributed by atoms with Crippen LogP contribution in [0.1, 0.15) is 36.6 Å². The summed E-state index contributed by atoms with van der Waals surface area (Å²) in [7, 11) is 4.73. The van der Waals surface area contributed by atoms with Gasteiger partial charge in [-0.2, -0.15) is 0 Å². The number of hydrogen-bond donors (Lipinski definition) is 2. The van der Waals surface area contributed by atoms with E-state index in [0.717, 1.165) is 11.1 Å². The summed E-state index contributed by atoms with van der Waals surface area (Å²) >= 11 is 0. The number of guanidine groups is 1. The van der Waals surface area contributed by atoms with Gasteiger partial charge in [0, 0.05) is 6.54 Å². The summed E-state index contributed by atoms with van der Waals surface area (Å²) in [5.74, 6) is 2.13. The van der Waals surface area contributed by atoms with E-state index in [-0.39, 0.29) is 35.8 Å². The predicted octanol–water partition coefficient (Wildman–Crippen LogP) is 4.59. The van der Waals surface area contributed by atoms with Crippen LogP contribution in [0.2, 0.25) is 0 Å². The molecule has 0 saturated carbocycles. The van der Waals surface area contributed by atoms with Crippen LogP contribution < -0.4 is 24.8 Å². The molecule has 0 aliphatic rings. The van der Waals surface area contributed by atoms with E-state index in [1.165, 1.54) is 0 Å². The van der Waals surface area contributed by atoms with Gasteiger partial charge in [-0.1, -0.05) is 12.1 Å². The monoisotopic (exact) mass is 531 g/mol. The molecule has 0 heterocycles. The summed E-state index contributed by atoms with van der Waals surface area (Å²) in [6, 6.07) is 8.88. The first-order valence-corrected chi connectivity index (χ1v) is 9.53. The van der Waals surface area contributed by atoms with Crippen LogP contribution in [0.4, 0.5) is 4.39 Å². The van der Waals surface area contributed by atoms with Gasteiger partial charge in [-0.05, 0) is 55.7 Å². The first-order chi connectivity index (χ1) is 13.9. The fraction of sp³-hybridized carbons (Fsp3) is 0.409.